The van der Waals surface area contributed by atoms with Gasteiger partial charge in [0.2, 0.25) is 0 Å². The monoisotopic (exact) mass is 305 g/mol. The van der Waals surface area contributed by atoms with Gasteiger partial charge in [-0.2, -0.15) is 0 Å². The number of carbonyl (C=O) groups excluding carboxylic acids is 1. The molecule has 0 radical (unpaired) electrons. The topological polar surface area (TPSA) is 70.8 Å². The minimum absolute atomic E-state index is 0.134. The zero-order valence-corrected chi connectivity index (χ0v) is 12.7. The Bertz CT molecular complexity index is 591. The third-order valence-corrected chi connectivity index (χ3v) is 2.91. The third-order valence-electron chi connectivity index (χ3n) is 2.91. The summed E-state index contributed by atoms with van der Waals surface area (Å²) in [6, 6.07) is 9.03. The predicted molar refractivity (Wildman–Crippen MR) is 78.8 cm³/mol. The molecule has 0 N–H and O–H groups in total. The number of hydrogen-bond acceptors (Lipinski definition) is 6. The molecular weight excluding hydrogens is 286 g/mol. The van der Waals surface area contributed by atoms with Crippen molar-refractivity contribution in [3.05, 3.63) is 41.8 Å². The van der Waals surface area contributed by atoms with Gasteiger partial charge < -0.3 is 18.7 Å². The molecule has 1 aromatic heterocycles. The van der Waals surface area contributed by atoms with Gasteiger partial charge in [-0.25, -0.2) is 0 Å². The fraction of sp³-hybridized carbons (Fsp3) is 0.375. The summed E-state index contributed by atoms with van der Waals surface area (Å²) in [5.74, 6) is 1.93. The molecule has 0 saturated heterocycles. The van der Waals surface area contributed by atoms with Crippen molar-refractivity contribution < 1.29 is 23.5 Å². The van der Waals surface area contributed by atoms with Gasteiger partial charge in [-0.15, -0.1) is 0 Å². The first kappa shape index (κ1) is 15.9. The SMILES string of the molecule is COc1ccc(OCCCC(=O)OCc2cc(C)on2)cc1. The van der Waals surface area contributed by atoms with E-state index in [0.717, 1.165) is 11.5 Å². The van der Waals surface area contributed by atoms with Crippen LogP contribution in [0.1, 0.15) is 24.3 Å². The van der Waals surface area contributed by atoms with Gasteiger partial charge in [0, 0.05) is 12.5 Å². The minimum Gasteiger partial charge on any atom is -0.497 e. The molecule has 0 saturated carbocycles. The van der Waals surface area contributed by atoms with Gasteiger partial charge in [0.1, 0.15) is 29.6 Å². The molecule has 0 aliphatic heterocycles. The lowest BCUT2D eigenvalue weighted by atomic mass is 10.3. The molecule has 0 fully saturated rings. The molecule has 0 unspecified atom stereocenters. The molecule has 2 aromatic rings. The number of nitrogens with zero attached hydrogens (tertiary/aromatic N) is 1. The zero-order chi connectivity index (χ0) is 15.8. The lowest BCUT2D eigenvalue weighted by Crippen LogP contribution is -2.07. The van der Waals surface area contributed by atoms with Crippen LogP contribution in [0.3, 0.4) is 0 Å². The van der Waals surface area contributed by atoms with E-state index < -0.39 is 0 Å². The van der Waals surface area contributed by atoms with Gasteiger partial charge in [-0.3, -0.25) is 4.79 Å². The highest BCUT2D eigenvalue weighted by Gasteiger charge is 2.06. The Labute approximate surface area is 129 Å². The van der Waals surface area contributed by atoms with Crippen molar-refractivity contribution in [3.8, 4) is 11.5 Å². The van der Waals surface area contributed by atoms with E-state index in [1.807, 2.05) is 24.3 Å². The highest BCUT2D eigenvalue weighted by atomic mass is 16.5. The number of benzene rings is 1. The van der Waals surface area contributed by atoms with Crippen molar-refractivity contribution in [2.75, 3.05) is 13.7 Å². The minimum atomic E-state index is -0.279. The van der Waals surface area contributed by atoms with Crippen LogP contribution in [-0.2, 0) is 16.1 Å². The van der Waals surface area contributed by atoms with Crippen LogP contribution in [-0.4, -0.2) is 24.8 Å². The van der Waals surface area contributed by atoms with E-state index in [0.29, 0.717) is 30.9 Å². The summed E-state index contributed by atoms with van der Waals surface area (Å²) in [5, 5.41) is 3.75. The second kappa shape index (κ2) is 8.07. The fourth-order valence-electron chi connectivity index (χ4n) is 1.79. The van der Waals surface area contributed by atoms with Crippen LogP contribution in [0, 0.1) is 6.92 Å². The van der Waals surface area contributed by atoms with E-state index in [4.69, 9.17) is 18.7 Å². The summed E-state index contributed by atoms with van der Waals surface area (Å²) in [4.78, 5) is 11.6. The number of aryl methyl sites for hydroxylation is 1. The van der Waals surface area contributed by atoms with E-state index in [9.17, 15) is 4.79 Å². The number of esters is 1. The molecule has 6 nitrogen and oxygen atoms in total. The van der Waals surface area contributed by atoms with Crippen LogP contribution in [0.5, 0.6) is 11.5 Å². The van der Waals surface area contributed by atoms with Crippen molar-refractivity contribution >= 4 is 5.97 Å². The molecule has 0 spiro atoms. The quantitative estimate of drug-likeness (QED) is 0.551. The molecule has 0 aliphatic carbocycles. The Hall–Kier alpha value is -2.50. The molecule has 0 bridgehead atoms. The maximum absolute atomic E-state index is 11.6. The van der Waals surface area contributed by atoms with Crippen molar-refractivity contribution in [1.29, 1.82) is 0 Å². The standard InChI is InChI=1S/C16H19NO5/c1-12-10-13(17-22-12)11-21-16(18)4-3-9-20-15-7-5-14(19-2)6-8-15/h5-8,10H,3-4,9,11H2,1-2H3. The molecule has 0 aliphatic rings. The first-order valence-electron chi connectivity index (χ1n) is 7.02. The Morgan fingerprint density at radius 2 is 1.95 bits per heavy atom. The summed E-state index contributed by atoms with van der Waals surface area (Å²) in [5.41, 5.74) is 0.611. The van der Waals surface area contributed by atoms with Gasteiger partial charge >= 0.3 is 5.97 Å². The van der Waals surface area contributed by atoms with Gasteiger partial charge in [0.15, 0.2) is 0 Å². The van der Waals surface area contributed by atoms with Gasteiger partial charge in [-0.05, 0) is 37.6 Å². The molecule has 6 heteroatoms. The van der Waals surface area contributed by atoms with Crippen molar-refractivity contribution in [3.63, 3.8) is 0 Å². The first-order valence-corrected chi connectivity index (χ1v) is 7.02. The van der Waals surface area contributed by atoms with Crippen molar-refractivity contribution in [2.45, 2.75) is 26.4 Å². The van der Waals surface area contributed by atoms with E-state index >= 15 is 0 Å². The van der Waals surface area contributed by atoms with E-state index in [-0.39, 0.29) is 12.6 Å². The van der Waals surface area contributed by atoms with E-state index in [2.05, 4.69) is 5.16 Å². The maximum atomic E-state index is 11.6. The maximum Gasteiger partial charge on any atom is 0.306 e. The molecule has 118 valence electrons. The third kappa shape index (κ3) is 5.12. The second-order valence-electron chi connectivity index (χ2n) is 4.72. The van der Waals surface area contributed by atoms with Crippen LogP contribution >= 0.6 is 0 Å². The Morgan fingerprint density at radius 1 is 1.23 bits per heavy atom. The second-order valence-corrected chi connectivity index (χ2v) is 4.72. The van der Waals surface area contributed by atoms with Crippen LogP contribution in [0.4, 0.5) is 0 Å². The lowest BCUT2D eigenvalue weighted by Gasteiger charge is -2.07. The lowest BCUT2D eigenvalue weighted by molar-refractivity contribution is -0.145. The Balaban J connectivity index is 1.60. The molecule has 2 rings (SSSR count). The molecule has 22 heavy (non-hydrogen) atoms. The number of carbonyl (C=O) groups is 1. The molecule has 1 heterocycles. The molecule has 1 aromatic carbocycles. The smallest absolute Gasteiger partial charge is 0.306 e. The number of methoxy groups -OCH3 is 1. The zero-order valence-electron chi connectivity index (χ0n) is 12.7. The van der Waals surface area contributed by atoms with E-state index in [1.54, 1.807) is 20.1 Å². The van der Waals surface area contributed by atoms with E-state index in [1.165, 1.54) is 0 Å². The average molecular weight is 305 g/mol. The number of aromatic nitrogens is 1. The Kier molecular flexibility index (Phi) is 5.82. The highest BCUT2D eigenvalue weighted by Crippen LogP contribution is 2.17. The van der Waals surface area contributed by atoms with Crippen LogP contribution in [0.25, 0.3) is 0 Å². The molecule has 0 amide bonds. The summed E-state index contributed by atoms with van der Waals surface area (Å²) in [6.45, 7) is 2.37. The highest BCUT2D eigenvalue weighted by molar-refractivity contribution is 5.69. The van der Waals surface area contributed by atoms with Crippen molar-refractivity contribution in [2.24, 2.45) is 0 Å². The first-order chi connectivity index (χ1) is 10.7. The van der Waals surface area contributed by atoms with Crippen molar-refractivity contribution in [1.82, 2.24) is 5.16 Å². The summed E-state index contributed by atoms with van der Waals surface area (Å²) in [7, 11) is 1.61. The number of hydrogen-bond donors (Lipinski definition) is 0. The van der Waals surface area contributed by atoms with Crippen LogP contribution in [0.15, 0.2) is 34.9 Å². The summed E-state index contributed by atoms with van der Waals surface area (Å²) >= 11 is 0. The normalized spacial score (nSPS) is 10.3. The van der Waals surface area contributed by atoms with Gasteiger partial charge in [0.05, 0.1) is 13.7 Å². The van der Waals surface area contributed by atoms with Gasteiger partial charge in [0.25, 0.3) is 0 Å². The number of rotatable bonds is 8. The van der Waals surface area contributed by atoms with Crippen LogP contribution in [0.2, 0.25) is 0 Å². The fourth-order valence-corrected chi connectivity index (χ4v) is 1.79. The largest absolute Gasteiger partial charge is 0.497 e. The predicted octanol–water partition coefficient (Wildman–Crippen LogP) is 2.89. The summed E-state index contributed by atoms with van der Waals surface area (Å²) < 4.78 is 20.6. The molecular formula is C16H19NO5. The summed E-state index contributed by atoms with van der Waals surface area (Å²) in [6.07, 6.45) is 0.885. The van der Waals surface area contributed by atoms with Gasteiger partial charge in [-0.1, -0.05) is 5.16 Å². The van der Waals surface area contributed by atoms with Crippen LogP contribution < -0.4 is 9.47 Å². The molecule has 0 atom stereocenters. The average Bonchev–Trinajstić information content (AvgIpc) is 2.96. The number of ether oxygens (including phenoxy) is 3. The Morgan fingerprint density at radius 3 is 2.59 bits per heavy atom.